The fourth-order valence-electron chi connectivity index (χ4n) is 15.2. The molecule has 0 saturated carbocycles. The van der Waals surface area contributed by atoms with Crippen LogP contribution in [0.4, 0.5) is 30.9 Å². The molecule has 26 heteroatoms. The number of halogens is 4. The van der Waals surface area contributed by atoms with Gasteiger partial charge in [-0.05, 0) is 162 Å². The van der Waals surface area contributed by atoms with Crippen molar-refractivity contribution in [1.82, 2.24) is 55.3 Å². The highest BCUT2D eigenvalue weighted by molar-refractivity contribution is 6.30. The Morgan fingerprint density at radius 2 is 1.37 bits per heavy atom. The van der Waals surface area contributed by atoms with E-state index in [9.17, 15) is 19.2 Å². The van der Waals surface area contributed by atoms with E-state index in [4.69, 9.17) is 37.7 Å². The molecule has 6 amide bonds. The lowest BCUT2D eigenvalue weighted by Gasteiger charge is -2.48. The summed E-state index contributed by atoms with van der Waals surface area (Å²) in [5.74, 6) is 1.05. The average molecular weight is 1400 g/mol. The van der Waals surface area contributed by atoms with Crippen LogP contribution < -0.4 is 40.5 Å². The van der Waals surface area contributed by atoms with Gasteiger partial charge in [0.2, 0.25) is 23.6 Å². The summed E-state index contributed by atoms with van der Waals surface area (Å²) in [6, 6.07) is 22.9. The molecule has 6 fully saturated rings. The molecule has 0 bridgehead atoms. The number of rotatable bonds is 23. The van der Waals surface area contributed by atoms with E-state index in [0.717, 1.165) is 94.9 Å². The van der Waals surface area contributed by atoms with Crippen molar-refractivity contribution in [2.45, 2.75) is 109 Å². The van der Waals surface area contributed by atoms with Gasteiger partial charge in [-0.15, -0.1) is 0 Å². The van der Waals surface area contributed by atoms with Crippen LogP contribution in [-0.2, 0) is 25.7 Å². The van der Waals surface area contributed by atoms with Crippen LogP contribution in [0.5, 0.6) is 11.5 Å². The van der Waals surface area contributed by atoms with Gasteiger partial charge in [0.15, 0.2) is 0 Å². The molecule has 99 heavy (non-hydrogen) atoms. The number of amidine groups is 1. The molecule has 4 N–H and O–H groups in total. The number of amides is 6. The van der Waals surface area contributed by atoms with Crippen LogP contribution in [0.3, 0.4) is 0 Å². The number of hydrogen-bond donors (Lipinski definition) is 4. The molecule has 8 heterocycles. The number of aromatic nitrogens is 2. The fraction of sp³-hybridized carbons (Fsp3) is 0.534. The molecule has 7 aliphatic heterocycles. The van der Waals surface area contributed by atoms with Crippen molar-refractivity contribution < 1.29 is 42.2 Å². The highest BCUT2D eigenvalue weighted by Gasteiger charge is 2.48. The second-order valence-electron chi connectivity index (χ2n) is 29.0. The molecule has 12 rings (SSSR count). The molecule has 0 radical (unpaired) electrons. The van der Waals surface area contributed by atoms with Crippen molar-refractivity contribution >= 4 is 76.0 Å². The molecule has 3 atom stereocenters. The van der Waals surface area contributed by atoms with Gasteiger partial charge in [-0.1, -0.05) is 61.3 Å². The average Bonchev–Trinajstić information content (AvgIpc) is 1.63. The Hall–Kier alpha value is -7.90. The SMILES string of the molecule is COc1ccc(C2=N[C@@H](c3ccc(Cl)cc3)[C@@H](c3ccc(Cl)cc3)N2C(=O)N2CCN(CC(=O)NCCCN3CC[C@@]4(CCN(CC(=O)NCCCNc5cc(N6CCC7(CC6)CN(c6cc(F)c(CN8CCC(C)(C)CC8)cc6F)CC(=O)N7)ncn5)C4)C3)C(=O)C2)c(OC(C)C)c1. The number of urea groups is 1. The van der Waals surface area contributed by atoms with E-state index in [2.05, 4.69) is 64.7 Å². The summed E-state index contributed by atoms with van der Waals surface area (Å²) in [6.07, 6.45) is 8.04. The van der Waals surface area contributed by atoms with Crippen LogP contribution >= 0.6 is 23.2 Å². The fourth-order valence-corrected chi connectivity index (χ4v) is 15.4. The maximum absolute atomic E-state index is 15.8. The Balaban J connectivity index is 0.545. The van der Waals surface area contributed by atoms with Gasteiger partial charge in [0.1, 0.15) is 59.5 Å². The van der Waals surface area contributed by atoms with Gasteiger partial charge in [0, 0.05) is 106 Å². The van der Waals surface area contributed by atoms with Gasteiger partial charge in [0.25, 0.3) is 0 Å². The van der Waals surface area contributed by atoms with Gasteiger partial charge in [-0.2, -0.15) is 0 Å². The number of piperidine rings is 2. The first kappa shape index (κ1) is 70.9. The smallest absolute Gasteiger partial charge is 0.326 e. The number of likely N-dealkylation sites (tertiary alicyclic amines) is 3. The van der Waals surface area contributed by atoms with Crippen LogP contribution in [0.1, 0.15) is 113 Å². The monoisotopic (exact) mass is 1400 g/mol. The maximum Gasteiger partial charge on any atom is 0.326 e. The minimum atomic E-state index is -0.653. The lowest BCUT2D eigenvalue weighted by Crippen LogP contribution is -2.66. The van der Waals surface area contributed by atoms with E-state index >= 15 is 13.6 Å². The van der Waals surface area contributed by atoms with Crippen LogP contribution in [0.15, 0.2) is 96.2 Å². The second-order valence-corrected chi connectivity index (χ2v) is 29.8. The molecule has 4 aromatic carbocycles. The topological polar surface area (TPSA) is 216 Å². The molecule has 0 aliphatic carbocycles. The lowest BCUT2D eigenvalue weighted by molar-refractivity contribution is -0.139. The third kappa shape index (κ3) is 17.3. The Bertz CT molecular complexity index is 3760. The highest BCUT2D eigenvalue weighted by atomic mass is 35.5. The van der Waals surface area contributed by atoms with Gasteiger partial charge < -0.3 is 55.2 Å². The standard InChI is InChI=1S/C73H93Cl2F2N15O7/c1-49(2)99-60-37-55(98-5)16-17-56(60)69-83-67(50-8-12-53(74)13-9-50)68(51-10-14-54(75)15-11-51)92(69)70(97)90-35-34-89(66(96)44-90)42-64(94)80-26-7-27-86-30-20-72(45-86)21-31-87(46-72)41-63(93)79-25-6-24-78-61-39-62(82-48-81-61)88-32-22-73(23-33-88)47-91(43-65(95)84-73)59-38-57(76)52(36-58(59)77)40-85-28-18-71(3,4)19-29-85/h8-17,36-39,48-49,67-68H,6-7,18-35,40-47H2,1-5H3,(H,79,93)(H,80,94)(H,84,95)(H,78,81,82)/t67-,68+,72+/m0/s1. The number of anilines is 3. The molecule has 5 aromatic rings. The zero-order valence-corrected chi connectivity index (χ0v) is 59.0. The maximum atomic E-state index is 15.8. The zero-order chi connectivity index (χ0) is 69.6. The largest absolute Gasteiger partial charge is 0.497 e. The summed E-state index contributed by atoms with van der Waals surface area (Å²) in [6.45, 7) is 18.2. The summed E-state index contributed by atoms with van der Waals surface area (Å²) < 4.78 is 43.3. The van der Waals surface area contributed by atoms with Crippen molar-refractivity contribution in [2.75, 3.05) is 147 Å². The first-order valence-electron chi connectivity index (χ1n) is 34.9. The minimum Gasteiger partial charge on any atom is -0.497 e. The van der Waals surface area contributed by atoms with Crippen LogP contribution in [-0.4, -0.2) is 218 Å². The van der Waals surface area contributed by atoms with E-state index < -0.39 is 35.3 Å². The van der Waals surface area contributed by atoms with Crippen molar-refractivity contribution in [3.05, 3.63) is 135 Å². The first-order chi connectivity index (χ1) is 47.6. The second kappa shape index (κ2) is 30.9. The van der Waals surface area contributed by atoms with Crippen molar-refractivity contribution in [1.29, 1.82) is 0 Å². The van der Waals surface area contributed by atoms with Gasteiger partial charge >= 0.3 is 6.03 Å². The molecule has 6 saturated heterocycles. The Kier molecular flexibility index (Phi) is 22.2. The van der Waals surface area contributed by atoms with E-state index in [1.54, 1.807) is 53.3 Å². The number of carbonyl (C=O) groups is 5. The van der Waals surface area contributed by atoms with Gasteiger partial charge in [0.05, 0.1) is 55.7 Å². The normalized spacial score (nSPS) is 22.0. The quantitative estimate of drug-likeness (QED) is 0.0450. The van der Waals surface area contributed by atoms with Gasteiger partial charge in [-0.25, -0.2) is 23.5 Å². The number of methoxy groups -OCH3 is 1. The van der Waals surface area contributed by atoms with E-state index in [-0.39, 0.29) is 79.0 Å². The Labute approximate surface area is 589 Å². The van der Waals surface area contributed by atoms with Crippen LogP contribution in [0.25, 0.3) is 0 Å². The molecule has 2 spiro atoms. The third-order valence-corrected chi connectivity index (χ3v) is 21.3. The molecular weight excluding hydrogens is 1310 g/mol. The number of nitrogens with one attached hydrogen (secondary N) is 4. The number of ether oxygens (including phenoxy) is 2. The lowest BCUT2D eigenvalue weighted by atomic mass is 9.82. The molecule has 0 unspecified atom stereocenters. The summed E-state index contributed by atoms with van der Waals surface area (Å²) in [5, 5.41) is 13.8. The van der Waals surface area contributed by atoms with Crippen molar-refractivity contribution in [3.63, 3.8) is 0 Å². The molecule has 530 valence electrons. The van der Waals surface area contributed by atoms with E-state index in [0.29, 0.717) is 116 Å². The summed E-state index contributed by atoms with van der Waals surface area (Å²) in [7, 11) is 1.58. The number of aliphatic imine (C=N–C) groups is 1. The predicted octanol–water partition coefficient (Wildman–Crippen LogP) is 8.79. The number of benzene rings is 4. The number of carbonyl (C=O) groups excluding carboxylic acids is 5. The van der Waals surface area contributed by atoms with Crippen molar-refractivity contribution in [2.24, 2.45) is 15.8 Å². The van der Waals surface area contributed by atoms with E-state index in [1.807, 2.05) is 50.2 Å². The Morgan fingerprint density at radius 1 is 0.697 bits per heavy atom. The van der Waals surface area contributed by atoms with Crippen LogP contribution in [0, 0.1) is 22.5 Å². The third-order valence-electron chi connectivity index (χ3n) is 20.8. The van der Waals surface area contributed by atoms with Crippen LogP contribution in [0.2, 0.25) is 10.0 Å². The minimum absolute atomic E-state index is 0.00270. The summed E-state index contributed by atoms with van der Waals surface area (Å²) in [4.78, 5) is 98.6. The predicted molar refractivity (Wildman–Crippen MR) is 379 cm³/mol. The molecular formula is C73H93Cl2F2N15O7. The summed E-state index contributed by atoms with van der Waals surface area (Å²) in [5.41, 5.74) is 2.42. The number of hydrogen-bond acceptors (Lipinski definition) is 16. The highest BCUT2D eigenvalue weighted by Crippen LogP contribution is 2.47. The number of nitrogens with zero attached hydrogens (tertiary/aromatic N) is 11. The summed E-state index contributed by atoms with van der Waals surface area (Å²) >= 11 is 12.8. The first-order valence-corrected chi connectivity index (χ1v) is 35.7. The number of piperazine rings is 2. The molecule has 7 aliphatic rings. The van der Waals surface area contributed by atoms with Crippen molar-refractivity contribution in [3.8, 4) is 11.5 Å². The van der Waals surface area contributed by atoms with E-state index in [1.165, 1.54) is 28.3 Å². The molecule has 22 nitrogen and oxygen atoms in total. The molecule has 1 aromatic heterocycles. The Morgan fingerprint density at radius 3 is 2.08 bits per heavy atom. The zero-order valence-electron chi connectivity index (χ0n) is 57.5. The van der Waals surface area contributed by atoms with Gasteiger partial charge in [-0.3, -0.25) is 38.9 Å².